The molecule has 1 aliphatic heterocycles. The van der Waals surface area contributed by atoms with E-state index in [1.165, 1.54) is 6.07 Å². The maximum absolute atomic E-state index is 13.8. The number of aryl methyl sites for hydroxylation is 1. The van der Waals surface area contributed by atoms with Gasteiger partial charge in [-0.25, -0.2) is 9.18 Å². The van der Waals surface area contributed by atoms with E-state index in [4.69, 9.17) is 9.15 Å². The Morgan fingerprint density at radius 2 is 1.89 bits per heavy atom. The first kappa shape index (κ1) is 19.6. The normalized spacial score (nSPS) is 27.5. The quantitative estimate of drug-likeness (QED) is 0.776. The Bertz CT molecular complexity index is 887. The van der Waals surface area contributed by atoms with Crippen molar-refractivity contribution in [3.8, 4) is 0 Å². The zero-order valence-electron chi connectivity index (χ0n) is 17.2. The summed E-state index contributed by atoms with van der Waals surface area (Å²) in [7, 11) is 0. The number of ether oxygens (including phenoxy) is 1. The third-order valence-electron chi connectivity index (χ3n) is 6.90. The predicted octanol–water partition coefficient (Wildman–Crippen LogP) is 4.42. The molecule has 2 fully saturated rings. The topological polar surface area (TPSA) is 47.6 Å². The van der Waals surface area contributed by atoms with Gasteiger partial charge in [-0.15, -0.1) is 0 Å². The Labute approximate surface area is 165 Å². The van der Waals surface area contributed by atoms with Crippen LogP contribution in [0.2, 0.25) is 0 Å². The molecule has 154 valence electrons. The van der Waals surface area contributed by atoms with Crippen LogP contribution in [-0.4, -0.2) is 40.8 Å². The van der Waals surface area contributed by atoms with Crippen LogP contribution in [0.4, 0.5) is 4.39 Å². The molecule has 1 aromatic heterocycles. The first-order chi connectivity index (χ1) is 13.4. The molecule has 0 bridgehead atoms. The number of hydrogen-bond donors (Lipinski definition) is 0. The number of nitrogens with zero attached hydrogens (tertiary/aromatic N) is 2. The standard InChI is InChI=1S/C22H31FN2O3/c1-4-27-17-5-9-22(3,10-6-17)24-11-7-16(8-12-24)25-19-13-15(2)18(23)14-20(19)28-21(25)26/h13-14,16-17H,4-12H2,1-3H3. The van der Waals surface area contributed by atoms with Crippen molar-refractivity contribution in [1.82, 2.24) is 9.47 Å². The van der Waals surface area contributed by atoms with Gasteiger partial charge in [-0.3, -0.25) is 9.47 Å². The minimum absolute atomic E-state index is 0.109. The summed E-state index contributed by atoms with van der Waals surface area (Å²) in [6, 6.07) is 3.17. The summed E-state index contributed by atoms with van der Waals surface area (Å²) in [6.45, 7) is 8.90. The predicted molar refractivity (Wildman–Crippen MR) is 107 cm³/mol. The van der Waals surface area contributed by atoms with E-state index < -0.39 is 0 Å². The molecule has 28 heavy (non-hydrogen) atoms. The second-order valence-corrected chi connectivity index (χ2v) is 8.68. The van der Waals surface area contributed by atoms with Crippen LogP contribution in [0.25, 0.3) is 11.1 Å². The van der Waals surface area contributed by atoms with Crippen molar-refractivity contribution in [3.63, 3.8) is 0 Å². The summed E-state index contributed by atoms with van der Waals surface area (Å²) in [4.78, 5) is 15.1. The van der Waals surface area contributed by atoms with E-state index >= 15 is 0 Å². The van der Waals surface area contributed by atoms with Crippen molar-refractivity contribution in [2.24, 2.45) is 0 Å². The monoisotopic (exact) mass is 390 g/mol. The van der Waals surface area contributed by atoms with Crippen molar-refractivity contribution in [3.05, 3.63) is 34.1 Å². The molecule has 1 saturated carbocycles. The van der Waals surface area contributed by atoms with Crippen molar-refractivity contribution in [1.29, 1.82) is 0 Å². The molecule has 2 heterocycles. The minimum Gasteiger partial charge on any atom is -0.408 e. The van der Waals surface area contributed by atoms with Gasteiger partial charge in [-0.1, -0.05) is 0 Å². The Kier molecular flexibility index (Phi) is 5.36. The van der Waals surface area contributed by atoms with Crippen LogP contribution in [-0.2, 0) is 4.74 Å². The highest BCUT2D eigenvalue weighted by atomic mass is 19.1. The molecule has 1 saturated heterocycles. The smallest absolute Gasteiger partial charge is 0.408 e. The second-order valence-electron chi connectivity index (χ2n) is 8.68. The number of piperidine rings is 1. The van der Waals surface area contributed by atoms with Crippen LogP contribution in [0, 0.1) is 12.7 Å². The van der Waals surface area contributed by atoms with Crippen molar-refractivity contribution < 1.29 is 13.5 Å². The molecule has 2 aliphatic rings. The largest absolute Gasteiger partial charge is 0.420 e. The SMILES string of the molecule is CCOC1CCC(C)(N2CCC(n3c(=O)oc4cc(F)c(C)cc43)CC2)CC1. The summed E-state index contributed by atoms with van der Waals surface area (Å²) in [5.41, 5.74) is 1.82. The van der Waals surface area contributed by atoms with Gasteiger partial charge in [-0.05, 0) is 70.9 Å². The highest BCUT2D eigenvalue weighted by Crippen LogP contribution is 2.38. The number of aromatic nitrogens is 1. The number of benzene rings is 1. The fourth-order valence-corrected chi connectivity index (χ4v) is 5.10. The van der Waals surface area contributed by atoms with Crippen LogP contribution in [0.3, 0.4) is 0 Å². The molecular weight excluding hydrogens is 359 g/mol. The third kappa shape index (κ3) is 3.52. The van der Waals surface area contributed by atoms with E-state index in [0.29, 0.717) is 22.8 Å². The highest BCUT2D eigenvalue weighted by molar-refractivity contribution is 5.74. The van der Waals surface area contributed by atoms with E-state index in [0.717, 1.165) is 58.2 Å². The van der Waals surface area contributed by atoms with Crippen LogP contribution >= 0.6 is 0 Å². The molecule has 0 spiro atoms. The summed E-state index contributed by atoms with van der Waals surface area (Å²) in [6.07, 6.45) is 6.81. The summed E-state index contributed by atoms with van der Waals surface area (Å²) < 4.78 is 26.7. The van der Waals surface area contributed by atoms with Crippen molar-refractivity contribution in [2.75, 3.05) is 19.7 Å². The molecule has 1 aliphatic carbocycles. The zero-order valence-corrected chi connectivity index (χ0v) is 17.2. The van der Waals surface area contributed by atoms with E-state index in [-0.39, 0.29) is 23.2 Å². The molecule has 0 unspecified atom stereocenters. The van der Waals surface area contributed by atoms with Gasteiger partial charge in [0.2, 0.25) is 0 Å². The molecule has 5 nitrogen and oxygen atoms in total. The molecule has 4 rings (SSSR count). The average molecular weight is 390 g/mol. The maximum atomic E-state index is 13.8. The van der Waals surface area contributed by atoms with Crippen molar-refractivity contribution >= 4 is 11.1 Å². The van der Waals surface area contributed by atoms with Gasteiger partial charge in [0.1, 0.15) is 5.82 Å². The summed E-state index contributed by atoms with van der Waals surface area (Å²) in [5, 5.41) is 0. The molecule has 0 amide bonds. The van der Waals surface area contributed by atoms with Gasteiger partial charge in [-0.2, -0.15) is 0 Å². The summed E-state index contributed by atoms with van der Waals surface area (Å²) >= 11 is 0. The van der Waals surface area contributed by atoms with Crippen LogP contribution in [0.5, 0.6) is 0 Å². The number of hydrogen-bond acceptors (Lipinski definition) is 4. The van der Waals surface area contributed by atoms with Gasteiger partial charge in [0.15, 0.2) is 5.58 Å². The number of oxazole rings is 1. The number of fused-ring (bicyclic) bond motifs is 1. The summed E-state index contributed by atoms with van der Waals surface area (Å²) in [5.74, 6) is -0.708. The van der Waals surface area contributed by atoms with Gasteiger partial charge >= 0.3 is 5.76 Å². The molecule has 0 radical (unpaired) electrons. The van der Waals surface area contributed by atoms with E-state index in [9.17, 15) is 9.18 Å². The molecule has 0 N–H and O–H groups in total. The van der Waals surface area contributed by atoms with Crippen LogP contribution in [0.1, 0.15) is 64.0 Å². The van der Waals surface area contributed by atoms with Gasteiger partial charge in [0.25, 0.3) is 0 Å². The molecule has 1 aromatic carbocycles. The van der Waals surface area contributed by atoms with E-state index in [1.807, 2.05) is 0 Å². The van der Waals surface area contributed by atoms with Gasteiger partial charge in [0.05, 0.1) is 11.6 Å². The molecule has 0 atom stereocenters. The minimum atomic E-state index is -0.373. The Hall–Kier alpha value is -1.66. The van der Waals surface area contributed by atoms with Crippen molar-refractivity contribution in [2.45, 2.75) is 77.0 Å². The van der Waals surface area contributed by atoms with Crippen LogP contribution < -0.4 is 5.76 Å². The Balaban J connectivity index is 1.46. The lowest BCUT2D eigenvalue weighted by molar-refractivity contribution is -0.0274. The second kappa shape index (κ2) is 7.64. The number of rotatable bonds is 4. The number of likely N-dealkylation sites (tertiary alicyclic amines) is 1. The number of halogens is 1. The Morgan fingerprint density at radius 1 is 1.21 bits per heavy atom. The first-order valence-corrected chi connectivity index (χ1v) is 10.6. The third-order valence-corrected chi connectivity index (χ3v) is 6.90. The van der Waals surface area contributed by atoms with Crippen LogP contribution in [0.15, 0.2) is 21.3 Å². The van der Waals surface area contributed by atoms with Gasteiger partial charge in [0, 0.05) is 37.3 Å². The zero-order chi connectivity index (χ0) is 19.9. The lowest BCUT2D eigenvalue weighted by Gasteiger charge is -2.48. The van der Waals surface area contributed by atoms with Gasteiger partial charge < -0.3 is 9.15 Å². The molecule has 2 aromatic rings. The molecular formula is C22H31FN2O3. The molecule has 6 heteroatoms. The fraction of sp³-hybridized carbons (Fsp3) is 0.682. The first-order valence-electron chi connectivity index (χ1n) is 10.6. The fourth-order valence-electron chi connectivity index (χ4n) is 5.10. The lowest BCUT2D eigenvalue weighted by Crippen LogP contribution is -2.52. The lowest BCUT2D eigenvalue weighted by atomic mass is 9.79. The van der Waals surface area contributed by atoms with E-state index in [1.54, 1.807) is 17.6 Å². The Morgan fingerprint density at radius 3 is 2.54 bits per heavy atom. The van der Waals surface area contributed by atoms with E-state index in [2.05, 4.69) is 18.7 Å². The highest BCUT2D eigenvalue weighted by Gasteiger charge is 2.38. The maximum Gasteiger partial charge on any atom is 0.420 e. The average Bonchev–Trinajstić information content (AvgIpc) is 2.99.